The van der Waals surface area contributed by atoms with Crippen LogP contribution in [-0.2, 0) is 6.54 Å². The summed E-state index contributed by atoms with van der Waals surface area (Å²) in [6.45, 7) is 8.77. The van der Waals surface area contributed by atoms with E-state index in [0.717, 1.165) is 30.7 Å². The standard InChI is InChI=1S/C15H22N2O/c1-2-18-15-5-3-12(4-6-15)9-17-10-13-7-16-8-14(13)11-17/h3-6,13-14,16H,2,7-11H2,1H3/t13-,14+. The summed E-state index contributed by atoms with van der Waals surface area (Å²) in [7, 11) is 0. The quantitative estimate of drug-likeness (QED) is 0.876. The van der Waals surface area contributed by atoms with E-state index in [2.05, 4.69) is 34.5 Å². The Labute approximate surface area is 109 Å². The van der Waals surface area contributed by atoms with E-state index >= 15 is 0 Å². The maximum Gasteiger partial charge on any atom is 0.119 e. The van der Waals surface area contributed by atoms with Crippen molar-refractivity contribution in [3.8, 4) is 5.75 Å². The van der Waals surface area contributed by atoms with Crippen molar-refractivity contribution >= 4 is 0 Å². The van der Waals surface area contributed by atoms with Gasteiger partial charge >= 0.3 is 0 Å². The second-order valence-electron chi connectivity index (χ2n) is 5.45. The van der Waals surface area contributed by atoms with Crippen LogP contribution >= 0.6 is 0 Å². The molecule has 2 fully saturated rings. The fourth-order valence-corrected chi connectivity index (χ4v) is 3.20. The number of hydrogen-bond acceptors (Lipinski definition) is 3. The van der Waals surface area contributed by atoms with Crippen LogP contribution in [0.2, 0.25) is 0 Å². The minimum atomic E-state index is 0.738. The molecule has 1 aromatic carbocycles. The van der Waals surface area contributed by atoms with E-state index < -0.39 is 0 Å². The maximum atomic E-state index is 5.47. The third kappa shape index (κ3) is 2.52. The van der Waals surface area contributed by atoms with Gasteiger partial charge in [0.05, 0.1) is 6.61 Å². The van der Waals surface area contributed by atoms with Crippen LogP contribution in [0.15, 0.2) is 24.3 Å². The number of hydrogen-bond donors (Lipinski definition) is 1. The third-order valence-corrected chi connectivity index (χ3v) is 4.11. The molecule has 0 radical (unpaired) electrons. The van der Waals surface area contributed by atoms with E-state index in [1.807, 2.05) is 6.92 Å². The van der Waals surface area contributed by atoms with Crippen molar-refractivity contribution < 1.29 is 4.74 Å². The minimum Gasteiger partial charge on any atom is -0.494 e. The summed E-state index contributed by atoms with van der Waals surface area (Å²) >= 11 is 0. The summed E-state index contributed by atoms with van der Waals surface area (Å²) in [4.78, 5) is 2.59. The Balaban J connectivity index is 1.56. The molecule has 1 aromatic rings. The molecule has 18 heavy (non-hydrogen) atoms. The molecule has 0 spiro atoms. The molecule has 3 nitrogen and oxygen atoms in total. The van der Waals surface area contributed by atoms with Gasteiger partial charge in [-0.3, -0.25) is 4.90 Å². The average molecular weight is 246 g/mol. The van der Waals surface area contributed by atoms with E-state index in [0.29, 0.717) is 0 Å². The van der Waals surface area contributed by atoms with Crippen LogP contribution < -0.4 is 10.1 Å². The van der Waals surface area contributed by atoms with E-state index in [4.69, 9.17) is 4.74 Å². The molecule has 1 N–H and O–H groups in total. The Morgan fingerprint density at radius 2 is 1.83 bits per heavy atom. The van der Waals surface area contributed by atoms with Crippen LogP contribution in [0.5, 0.6) is 5.75 Å². The van der Waals surface area contributed by atoms with Crippen LogP contribution in [0.1, 0.15) is 12.5 Å². The number of benzene rings is 1. The molecule has 2 heterocycles. The highest BCUT2D eigenvalue weighted by atomic mass is 16.5. The smallest absolute Gasteiger partial charge is 0.119 e. The molecular weight excluding hydrogens is 224 g/mol. The van der Waals surface area contributed by atoms with Crippen molar-refractivity contribution in [3.05, 3.63) is 29.8 Å². The molecular formula is C15H22N2O. The van der Waals surface area contributed by atoms with E-state index in [1.165, 1.54) is 31.7 Å². The van der Waals surface area contributed by atoms with Gasteiger partial charge in [-0.15, -0.1) is 0 Å². The minimum absolute atomic E-state index is 0.738. The highest BCUT2D eigenvalue weighted by Crippen LogP contribution is 2.27. The van der Waals surface area contributed by atoms with Gasteiger partial charge in [0, 0.05) is 19.6 Å². The lowest BCUT2D eigenvalue weighted by molar-refractivity contribution is 0.305. The molecule has 0 unspecified atom stereocenters. The van der Waals surface area contributed by atoms with Crippen LogP contribution in [0.4, 0.5) is 0 Å². The first kappa shape index (κ1) is 12.0. The number of ether oxygens (including phenoxy) is 1. The van der Waals surface area contributed by atoms with Gasteiger partial charge < -0.3 is 10.1 Å². The fourth-order valence-electron chi connectivity index (χ4n) is 3.20. The number of fused-ring (bicyclic) bond motifs is 1. The molecule has 98 valence electrons. The van der Waals surface area contributed by atoms with Crippen LogP contribution in [-0.4, -0.2) is 37.7 Å². The number of likely N-dealkylation sites (tertiary alicyclic amines) is 1. The van der Waals surface area contributed by atoms with Gasteiger partial charge in [0.15, 0.2) is 0 Å². The van der Waals surface area contributed by atoms with Crippen LogP contribution in [0.25, 0.3) is 0 Å². The third-order valence-electron chi connectivity index (χ3n) is 4.11. The average Bonchev–Trinajstić information content (AvgIpc) is 2.92. The molecule has 0 amide bonds. The normalized spacial score (nSPS) is 27.4. The van der Waals surface area contributed by atoms with Crippen molar-refractivity contribution in [2.75, 3.05) is 32.8 Å². The Bertz CT molecular complexity index is 378. The molecule has 2 aliphatic rings. The Hall–Kier alpha value is -1.06. The van der Waals surface area contributed by atoms with Crippen molar-refractivity contribution in [1.29, 1.82) is 0 Å². The predicted octanol–water partition coefficient (Wildman–Crippen LogP) is 1.74. The first-order chi connectivity index (χ1) is 8.85. The molecule has 2 atom stereocenters. The van der Waals surface area contributed by atoms with Gasteiger partial charge in [-0.25, -0.2) is 0 Å². The number of nitrogens with one attached hydrogen (secondary N) is 1. The van der Waals surface area contributed by atoms with E-state index in [1.54, 1.807) is 0 Å². The molecule has 2 aliphatic heterocycles. The second-order valence-corrected chi connectivity index (χ2v) is 5.45. The SMILES string of the molecule is CCOc1ccc(CN2C[C@H]3CNC[C@H]3C2)cc1. The Kier molecular flexibility index (Phi) is 3.52. The van der Waals surface area contributed by atoms with Gasteiger partial charge in [-0.2, -0.15) is 0 Å². The van der Waals surface area contributed by atoms with Gasteiger partial charge in [0.25, 0.3) is 0 Å². The summed E-state index contributed by atoms with van der Waals surface area (Å²) in [5.41, 5.74) is 1.39. The number of nitrogens with zero attached hydrogens (tertiary/aromatic N) is 1. The highest BCUT2D eigenvalue weighted by molar-refractivity contribution is 5.27. The lowest BCUT2D eigenvalue weighted by Crippen LogP contribution is -2.25. The van der Waals surface area contributed by atoms with Gasteiger partial charge in [0.2, 0.25) is 0 Å². The second kappa shape index (κ2) is 5.29. The largest absolute Gasteiger partial charge is 0.494 e. The Morgan fingerprint density at radius 3 is 2.44 bits per heavy atom. The predicted molar refractivity (Wildman–Crippen MR) is 72.7 cm³/mol. The summed E-state index contributed by atoms with van der Waals surface area (Å²) in [5, 5.41) is 3.49. The van der Waals surface area contributed by atoms with Crippen LogP contribution in [0.3, 0.4) is 0 Å². The van der Waals surface area contributed by atoms with Crippen molar-refractivity contribution in [1.82, 2.24) is 10.2 Å². The molecule has 0 aliphatic carbocycles. The van der Waals surface area contributed by atoms with Gasteiger partial charge in [0.1, 0.15) is 5.75 Å². The lowest BCUT2D eigenvalue weighted by Gasteiger charge is -2.17. The fraction of sp³-hybridized carbons (Fsp3) is 0.600. The highest BCUT2D eigenvalue weighted by Gasteiger charge is 2.35. The van der Waals surface area contributed by atoms with Crippen LogP contribution in [0, 0.1) is 11.8 Å². The molecule has 0 aromatic heterocycles. The van der Waals surface area contributed by atoms with Gasteiger partial charge in [-0.1, -0.05) is 12.1 Å². The summed E-state index contributed by atoms with van der Waals surface area (Å²) in [6.07, 6.45) is 0. The zero-order valence-corrected chi connectivity index (χ0v) is 11.1. The molecule has 0 bridgehead atoms. The van der Waals surface area contributed by atoms with Gasteiger partial charge in [-0.05, 0) is 49.5 Å². The maximum absolute atomic E-state index is 5.47. The lowest BCUT2D eigenvalue weighted by atomic mass is 10.0. The molecule has 0 saturated carbocycles. The first-order valence-corrected chi connectivity index (χ1v) is 7.00. The Morgan fingerprint density at radius 1 is 1.17 bits per heavy atom. The zero-order valence-electron chi connectivity index (χ0n) is 11.1. The summed E-state index contributed by atoms with van der Waals surface area (Å²) in [5.74, 6) is 2.74. The molecule has 3 heteroatoms. The van der Waals surface area contributed by atoms with Crippen molar-refractivity contribution in [2.45, 2.75) is 13.5 Å². The monoisotopic (exact) mass is 246 g/mol. The molecule has 3 rings (SSSR count). The van der Waals surface area contributed by atoms with E-state index in [9.17, 15) is 0 Å². The summed E-state index contributed by atoms with van der Waals surface area (Å²) < 4.78 is 5.47. The topological polar surface area (TPSA) is 24.5 Å². The number of rotatable bonds is 4. The van der Waals surface area contributed by atoms with Crippen molar-refractivity contribution in [2.24, 2.45) is 11.8 Å². The summed E-state index contributed by atoms with van der Waals surface area (Å²) in [6, 6.07) is 8.54. The van der Waals surface area contributed by atoms with Crippen molar-refractivity contribution in [3.63, 3.8) is 0 Å². The first-order valence-electron chi connectivity index (χ1n) is 7.00. The van der Waals surface area contributed by atoms with E-state index in [-0.39, 0.29) is 0 Å². The zero-order chi connectivity index (χ0) is 12.4. The molecule has 2 saturated heterocycles.